The molecule has 0 aromatic carbocycles. The van der Waals surface area contributed by atoms with Crippen molar-refractivity contribution in [1.29, 1.82) is 0 Å². The van der Waals surface area contributed by atoms with Gasteiger partial charge in [0.15, 0.2) is 5.13 Å². The van der Waals surface area contributed by atoms with Crippen LogP contribution in [0, 0.1) is 11.8 Å². The number of nitrogens with zero attached hydrogens (tertiary/aromatic N) is 3. The molecule has 0 saturated heterocycles. The first-order valence-corrected chi connectivity index (χ1v) is 11.6. The molecule has 1 aliphatic carbocycles. The average Bonchev–Trinajstić information content (AvgIpc) is 3.08. The van der Waals surface area contributed by atoms with Crippen LogP contribution in [0.1, 0.15) is 52.9 Å². The summed E-state index contributed by atoms with van der Waals surface area (Å²) in [6.07, 6.45) is 6.27. The van der Waals surface area contributed by atoms with E-state index in [9.17, 15) is 18.4 Å². The number of carboxylic acid groups (broad SMARTS) is 1. The maximum Gasteiger partial charge on any atom is 0.324 e. The van der Waals surface area contributed by atoms with Gasteiger partial charge < -0.3 is 14.6 Å². The lowest BCUT2D eigenvalue weighted by Gasteiger charge is -2.36. The van der Waals surface area contributed by atoms with Crippen LogP contribution in [0.25, 0.3) is 0 Å². The zero-order chi connectivity index (χ0) is 21.6. The summed E-state index contributed by atoms with van der Waals surface area (Å²) in [6.45, 7) is 6.41. The molecule has 1 aliphatic rings. The van der Waals surface area contributed by atoms with Gasteiger partial charge in [0.1, 0.15) is 11.5 Å². The minimum atomic E-state index is -2.75. The minimum absolute atomic E-state index is 0.135. The molecule has 0 radical (unpaired) electrons. The van der Waals surface area contributed by atoms with E-state index in [1.165, 1.54) is 6.20 Å². The number of hydrogen-bond donors (Lipinski definition) is 2. The van der Waals surface area contributed by atoms with Crippen LogP contribution < -0.4 is 9.62 Å². The van der Waals surface area contributed by atoms with Crippen molar-refractivity contribution in [3.63, 3.8) is 0 Å². The Morgan fingerprint density at radius 1 is 1.38 bits per heavy atom. The largest absolute Gasteiger partial charge is 0.755 e. The molecule has 2 amide bonds. The fourth-order valence-electron chi connectivity index (χ4n) is 3.33. The first-order chi connectivity index (χ1) is 13.7. The Balaban J connectivity index is 2.09. The molecule has 0 spiro atoms. The summed E-state index contributed by atoms with van der Waals surface area (Å²) in [6, 6.07) is -0.0684. The number of amides is 2. The van der Waals surface area contributed by atoms with Gasteiger partial charge in [0.25, 0.3) is 0 Å². The second-order valence-corrected chi connectivity index (χ2v) is 9.75. The van der Waals surface area contributed by atoms with Gasteiger partial charge in [-0.05, 0) is 43.9 Å². The molecule has 29 heavy (non-hydrogen) atoms. The van der Waals surface area contributed by atoms with Crippen molar-refractivity contribution < 1.29 is 23.5 Å². The molecule has 11 heteroatoms. The van der Waals surface area contributed by atoms with Gasteiger partial charge in [0.2, 0.25) is 0 Å². The number of hydrogen-bond acceptors (Lipinski definition) is 6. The van der Waals surface area contributed by atoms with Crippen LogP contribution in [0.2, 0.25) is 0 Å². The number of carboxylic acids is 1. The van der Waals surface area contributed by atoms with Gasteiger partial charge >= 0.3 is 12.0 Å². The average molecular weight is 446 g/mol. The van der Waals surface area contributed by atoms with Crippen LogP contribution >= 0.6 is 11.3 Å². The van der Waals surface area contributed by atoms with Gasteiger partial charge in [-0.25, -0.2) is 9.78 Å². The summed E-state index contributed by atoms with van der Waals surface area (Å²) in [5, 5.41) is 12.0. The Bertz CT molecular complexity index is 719. The summed E-state index contributed by atoms with van der Waals surface area (Å²) in [5.41, 5.74) is 0. The number of aromatic nitrogens is 1. The van der Waals surface area contributed by atoms with Gasteiger partial charge in [-0.3, -0.25) is 18.6 Å². The lowest BCUT2D eigenvalue weighted by molar-refractivity contribution is -0.135. The third kappa shape index (κ3) is 7.23. The predicted octanol–water partition coefficient (Wildman–Crippen LogP) is 3.29. The van der Waals surface area contributed by atoms with E-state index in [1.807, 2.05) is 4.90 Å². The van der Waals surface area contributed by atoms with Gasteiger partial charge in [0.05, 0.1) is 6.20 Å². The van der Waals surface area contributed by atoms with Crippen molar-refractivity contribution in [3.8, 4) is 0 Å². The van der Waals surface area contributed by atoms with Crippen LogP contribution in [0.15, 0.2) is 6.20 Å². The van der Waals surface area contributed by atoms with Crippen LogP contribution in [0.5, 0.6) is 0 Å². The summed E-state index contributed by atoms with van der Waals surface area (Å²) in [5.74, 6) is -0.133. The zero-order valence-corrected chi connectivity index (χ0v) is 18.6. The Morgan fingerprint density at radius 2 is 2.03 bits per heavy atom. The summed E-state index contributed by atoms with van der Waals surface area (Å²) in [7, 11) is 0. The molecule has 1 unspecified atom stereocenters. The van der Waals surface area contributed by atoms with E-state index in [2.05, 4.69) is 31.1 Å². The van der Waals surface area contributed by atoms with Gasteiger partial charge in [0, 0.05) is 23.9 Å². The first-order valence-electron chi connectivity index (χ1n) is 9.79. The highest BCUT2D eigenvalue weighted by Crippen LogP contribution is 2.30. The van der Waals surface area contributed by atoms with Crippen molar-refractivity contribution in [2.45, 2.75) is 58.9 Å². The van der Waals surface area contributed by atoms with Crippen molar-refractivity contribution in [2.75, 3.05) is 22.7 Å². The van der Waals surface area contributed by atoms with Gasteiger partial charge in [-0.1, -0.05) is 32.1 Å². The summed E-state index contributed by atoms with van der Waals surface area (Å²) >= 11 is -1.82. The molecule has 2 rings (SSSR count). The first kappa shape index (κ1) is 23.6. The number of carbonyl (C=O) groups excluding carboxylic acids is 1. The Labute approximate surface area is 177 Å². The van der Waals surface area contributed by atoms with E-state index < -0.39 is 23.8 Å². The van der Waals surface area contributed by atoms with Gasteiger partial charge in [-0.2, -0.15) is 0 Å². The van der Waals surface area contributed by atoms with Crippen molar-refractivity contribution in [1.82, 2.24) is 9.88 Å². The fourth-order valence-corrected chi connectivity index (χ4v) is 4.75. The highest BCUT2D eigenvalue weighted by Gasteiger charge is 2.28. The van der Waals surface area contributed by atoms with Crippen molar-refractivity contribution >= 4 is 44.7 Å². The zero-order valence-electron chi connectivity index (χ0n) is 17.0. The van der Waals surface area contributed by atoms with E-state index in [-0.39, 0.29) is 22.2 Å². The molecule has 0 bridgehead atoms. The van der Waals surface area contributed by atoms with Crippen molar-refractivity contribution in [3.05, 3.63) is 6.20 Å². The highest BCUT2D eigenvalue weighted by atomic mass is 32.2. The van der Waals surface area contributed by atoms with E-state index in [4.69, 9.17) is 5.11 Å². The molecule has 0 aliphatic heterocycles. The standard InChI is InChI=1S/C18H30N4O5S2/c1-12(2)8-9-21(14-6-4-13(3)5-7-14)18(25)20-17-19-10-15(28-17)22(29(26)27)11-16(23)24/h10,12-14H,4-9,11H2,1-3H3,(H,23,24)(H,26,27)(H,19,20,25)/p-1. The molecule has 1 heterocycles. The second kappa shape index (κ2) is 10.9. The summed E-state index contributed by atoms with van der Waals surface area (Å²) in [4.78, 5) is 29.8. The van der Waals surface area contributed by atoms with E-state index in [1.54, 1.807) is 0 Å². The second-order valence-electron chi connectivity index (χ2n) is 7.87. The molecular weight excluding hydrogens is 416 g/mol. The third-order valence-electron chi connectivity index (χ3n) is 5.05. The number of nitrogens with one attached hydrogen (secondary N) is 1. The third-order valence-corrected chi connectivity index (χ3v) is 6.78. The SMILES string of the molecule is CC(C)CCN(C(=O)Nc1ncc(N(CC(=O)O)S(=O)[O-])s1)C1CCC(C)CC1. The molecule has 1 aromatic heterocycles. The van der Waals surface area contributed by atoms with Crippen LogP contribution in [0.4, 0.5) is 14.9 Å². The van der Waals surface area contributed by atoms with Crippen molar-refractivity contribution in [2.24, 2.45) is 11.8 Å². The number of urea groups is 1. The topological polar surface area (TPSA) is 126 Å². The number of aliphatic carboxylic acids is 1. The molecule has 2 N–H and O–H groups in total. The lowest BCUT2D eigenvalue weighted by Crippen LogP contribution is -2.45. The Hall–Kier alpha value is -1.72. The fraction of sp³-hybridized carbons (Fsp3) is 0.722. The molecular formula is C18H29N4O5S2-. The number of thiazole rings is 1. The summed E-state index contributed by atoms with van der Waals surface area (Å²) < 4.78 is 23.3. The molecule has 1 saturated carbocycles. The quantitative estimate of drug-likeness (QED) is 0.562. The smallest absolute Gasteiger partial charge is 0.324 e. The maximum absolute atomic E-state index is 12.9. The van der Waals surface area contributed by atoms with Crippen LogP contribution in [-0.4, -0.2) is 54.9 Å². The van der Waals surface area contributed by atoms with E-state index in [0.29, 0.717) is 22.7 Å². The normalized spacial score (nSPS) is 20.3. The number of anilines is 2. The molecule has 164 valence electrons. The van der Waals surface area contributed by atoms with E-state index in [0.717, 1.165) is 43.4 Å². The Kier molecular flexibility index (Phi) is 8.84. The highest BCUT2D eigenvalue weighted by molar-refractivity contribution is 7.81. The Morgan fingerprint density at radius 3 is 2.59 bits per heavy atom. The molecule has 9 nitrogen and oxygen atoms in total. The molecule has 1 fully saturated rings. The minimum Gasteiger partial charge on any atom is -0.755 e. The number of carbonyl (C=O) groups is 2. The lowest BCUT2D eigenvalue weighted by atomic mass is 9.86. The molecule has 1 aromatic rings. The predicted molar refractivity (Wildman–Crippen MR) is 113 cm³/mol. The van der Waals surface area contributed by atoms with Gasteiger partial charge in [-0.15, -0.1) is 0 Å². The van der Waals surface area contributed by atoms with Crippen LogP contribution in [0.3, 0.4) is 0 Å². The monoisotopic (exact) mass is 445 g/mol. The molecule has 1 atom stereocenters. The number of rotatable bonds is 9. The van der Waals surface area contributed by atoms with E-state index >= 15 is 0 Å². The van der Waals surface area contributed by atoms with Crippen LogP contribution in [-0.2, 0) is 16.1 Å². The maximum atomic E-state index is 12.9.